The molecule has 1 amide bonds. The summed E-state index contributed by atoms with van der Waals surface area (Å²) < 4.78 is 25.1. The van der Waals surface area contributed by atoms with E-state index in [0.717, 1.165) is 37.9 Å². The Labute approximate surface area is 151 Å². The molecule has 0 aliphatic carbocycles. The Morgan fingerprint density at radius 3 is 2.76 bits per heavy atom. The van der Waals surface area contributed by atoms with E-state index in [1.54, 1.807) is 19.0 Å². The predicted octanol–water partition coefficient (Wildman–Crippen LogP) is 1.68. The van der Waals surface area contributed by atoms with Crippen LogP contribution in [0.1, 0.15) is 41.6 Å². The number of carbonyl (C=O) groups is 1. The van der Waals surface area contributed by atoms with Crippen molar-refractivity contribution >= 4 is 15.9 Å². The van der Waals surface area contributed by atoms with Gasteiger partial charge in [-0.3, -0.25) is 9.69 Å². The number of piperidine rings is 1. The maximum absolute atomic E-state index is 12.1. The van der Waals surface area contributed by atoms with Crippen molar-refractivity contribution in [2.24, 2.45) is 0 Å². The number of likely N-dealkylation sites (tertiary alicyclic amines) is 1. The lowest BCUT2D eigenvalue weighted by Crippen LogP contribution is -2.41. The summed E-state index contributed by atoms with van der Waals surface area (Å²) in [5, 5.41) is 0. The molecular formula is C18H29N3O3S. The molecule has 1 saturated heterocycles. The van der Waals surface area contributed by atoms with Crippen LogP contribution in [0, 0.1) is 0 Å². The Morgan fingerprint density at radius 1 is 1.32 bits per heavy atom. The van der Waals surface area contributed by atoms with Crippen molar-refractivity contribution in [1.82, 2.24) is 14.5 Å². The van der Waals surface area contributed by atoms with Gasteiger partial charge in [0.15, 0.2) is 0 Å². The van der Waals surface area contributed by atoms with Gasteiger partial charge in [0.25, 0.3) is 5.91 Å². The van der Waals surface area contributed by atoms with Crippen LogP contribution in [0.2, 0.25) is 0 Å². The van der Waals surface area contributed by atoms with Gasteiger partial charge in [-0.25, -0.2) is 13.1 Å². The van der Waals surface area contributed by atoms with Crippen LogP contribution in [0.15, 0.2) is 24.3 Å². The number of nitrogens with zero attached hydrogens (tertiary/aromatic N) is 2. The van der Waals surface area contributed by atoms with Crippen molar-refractivity contribution in [1.29, 1.82) is 0 Å². The third-order valence-corrected chi connectivity index (χ3v) is 5.29. The fourth-order valence-corrected chi connectivity index (χ4v) is 3.79. The van der Waals surface area contributed by atoms with Crippen LogP contribution >= 0.6 is 0 Å². The van der Waals surface area contributed by atoms with Crippen molar-refractivity contribution in [3.8, 4) is 0 Å². The molecule has 1 N–H and O–H groups in total. The van der Waals surface area contributed by atoms with Crippen LogP contribution in [0.4, 0.5) is 0 Å². The summed E-state index contributed by atoms with van der Waals surface area (Å²) in [6.45, 7) is 2.27. The van der Waals surface area contributed by atoms with Gasteiger partial charge in [0, 0.05) is 38.8 Å². The second kappa shape index (κ2) is 8.78. The molecule has 1 fully saturated rings. The molecule has 1 aromatic carbocycles. The van der Waals surface area contributed by atoms with Crippen LogP contribution < -0.4 is 4.72 Å². The molecule has 2 rings (SSSR count). The van der Waals surface area contributed by atoms with E-state index in [2.05, 4.69) is 9.62 Å². The van der Waals surface area contributed by atoms with Crippen molar-refractivity contribution in [2.75, 3.05) is 33.4 Å². The first-order chi connectivity index (χ1) is 11.8. The van der Waals surface area contributed by atoms with E-state index in [9.17, 15) is 13.2 Å². The molecule has 0 spiro atoms. The van der Waals surface area contributed by atoms with Gasteiger partial charge in [-0.15, -0.1) is 0 Å². The molecule has 1 aliphatic heterocycles. The van der Waals surface area contributed by atoms with Crippen molar-refractivity contribution < 1.29 is 13.2 Å². The summed E-state index contributed by atoms with van der Waals surface area (Å²) in [7, 11) is 0.374. The Kier molecular flexibility index (Phi) is 6.98. The number of carbonyl (C=O) groups excluding carboxylic acids is 1. The quantitative estimate of drug-likeness (QED) is 0.796. The van der Waals surface area contributed by atoms with Crippen molar-refractivity contribution in [3.63, 3.8) is 0 Å². The third kappa shape index (κ3) is 6.41. The number of hydrogen-bond donors (Lipinski definition) is 1. The van der Waals surface area contributed by atoms with Crippen LogP contribution in [0.25, 0.3) is 0 Å². The Bertz CT molecular complexity index is 689. The predicted molar refractivity (Wildman–Crippen MR) is 100.0 cm³/mol. The van der Waals surface area contributed by atoms with Gasteiger partial charge in [0.1, 0.15) is 0 Å². The van der Waals surface area contributed by atoms with Gasteiger partial charge in [0.2, 0.25) is 10.0 Å². The molecule has 1 atom stereocenters. The maximum Gasteiger partial charge on any atom is 0.253 e. The zero-order valence-electron chi connectivity index (χ0n) is 15.4. The fraction of sp³-hybridized carbons (Fsp3) is 0.611. The van der Waals surface area contributed by atoms with Gasteiger partial charge in [-0.2, -0.15) is 0 Å². The molecule has 25 heavy (non-hydrogen) atoms. The summed E-state index contributed by atoms with van der Waals surface area (Å²) >= 11 is 0. The molecule has 1 heterocycles. The molecule has 0 radical (unpaired) electrons. The topological polar surface area (TPSA) is 69.7 Å². The fourth-order valence-electron chi connectivity index (χ4n) is 3.30. The van der Waals surface area contributed by atoms with Gasteiger partial charge in [-0.1, -0.05) is 18.6 Å². The molecule has 6 nitrogen and oxygen atoms in total. The van der Waals surface area contributed by atoms with Gasteiger partial charge < -0.3 is 4.90 Å². The highest BCUT2D eigenvalue weighted by Crippen LogP contribution is 2.22. The van der Waals surface area contributed by atoms with E-state index in [1.165, 1.54) is 12.7 Å². The van der Waals surface area contributed by atoms with E-state index in [4.69, 9.17) is 0 Å². The van der Waals surface area contributed by atoms with E-state index in [1.807, 2.05) is 24.3 Å². The lowest BCUT2D eigenvalue weighted by atomic mass is 9.98. The van der Waals surface area contributed by atoms with Crippen LogP contribution in [-0.2, 0) is 16.6 Å². The minimum Gasteiger partial charge on any atom is -0.345 e. The number of nitrogens with one attached hydrogen (secondary N) is 1. The largest absolute Gasteiger partial charge is 0.345 e. The lowest BCUT2D eigenvalue weighted by molar-refractivity contribution is 0.0827. The zero-order chi connectivity index (χ0) is 18.4. The molecule has 140 valence electrons. The molecule has 0 saturated carbocycles. The minimum atomic E-state index is -3.14. The molecule has 0 bridgehead atoms. The first-order valence-corrected chi connectivity index (χ1v) is 10.6. The number of sulfonamides is 1. The number of amides is 1. The van der Waals surface area contributed by atoms with Gasteiger partial charge in [-0.05, 0) is 43.5 Å². The van der Waals surface area contributed by atoms with E-state index in [-0.39, 0.29) is 5.91 Å². The maximum atomic E-state index is 12.1. The molecule has 0 aromatic heterocycles. The number of benzene rings is 1. The first-order valence-electron chi connectivity index (χ1n) is 8.75. The van der Waals surface area contributed by atoms with E-state index in [0.29, 0.717) is 18.2 Å². The Hall–Kier alpha value is -1.44. The smallest absolute Gasteiger partial charge is 0.253 e. The highest BCUT2D eigenvalue weighted by molar-refractivity contribution is 7.88. The van der Waals surface area contributed by atoms with Gasteiger partial charge >= 0.3 is 0 Å². The van der Waals surface area contributed by atoms with Gasteiger partial charge in [0.05, 0.1) is 6.26 Å². The molecule has 1 aliphatic rings. The monoisotopic (exact) mass is 367 g/mol. The molecule has 7 heteroatoms. The van der Waals surface area contributed by atoms with Crippen LogP contribution in [0.3, 0.4) is 0 Å². The van der Waals surface area contributed by atoms with E-state index < -0.39 is 10.0 Å². The Balaban J connectivity index is 2.01. The summed E-state index contributed by atoms with van der Waals surface area (Å²) in [6.07, 6.45) is 5.43. The highest BCUT2D eigenvalue weighted by Gasteiger charge is 2.22. The molecule has 1 unspecified atom stereocenters. The van der Waals surface area contributed by atoms with Crippen LogP contribution in [-0.4, -0.2) is 63.6 Å². The SMILES string of the molecule is CN(C)C(=O)c1cccc(CN2CCCCC2CCNS(C)(=O)=O)c1. The normalized spacial score (nSPS) is 18.9. The summed E-state index contributed by atoms with van der Waals surface area (Å²) in [5.41, 5.74) is 1.82. The number of hydrogen-bond acceptors (Lipinski definition) is 4. The molecule has 1 aromatic rings. The number of rotatable bonds is 7. The summed E-state index contributed by atoms with van der Waals surface area (Å²) in [5.74, 6) is 0.00870. The first kappa shape index (κ1) is 19.9. The zero-order valence-corrected chi connectivity index (χ0v) is 16.2. The Morgan fingerprint density at radius 2 is 2.08 bits per heavy atom. The lowest BCUT2D eigenvalue weighted by Gasteiger charge is -2.36. The standard InChI is InChI=1S/C18H29N3O3S/c1-20(2)18(22)16-8-6-7-15(13-16)14-21-12-5-4-9-17(21)10-11-19-25(3,23)24/h6-8,13,17,19H,4-5,9-12,14H2,1-3H3. The third-order valence-electron chi connectivity index (χ3n) is 4.56. The average Bonchev–Trinajstić information content (AvgIpc) is 2.55. The summed E-state index contributed by atoms with van der Waals surface area (Å²) in [6, 6.07) is 8.15. The van der Waals surface area contributed by atoms with E-state index >= 15 is 0 Å². The van der Waals surface area contributed by atoms with Crippen LogP contribution in [0.5, 0.6) is 0 Å². The minimum absolute atomic E-state index is 0.00870. The average molecular weight is 368 g/mol. The van der Waals surface area contributed by atoms with Crippen molar-refractivity contribution in [2.45, 2.75) is 38.3 Å². The van der Waals surface area contributed by atoms with Crippen molar-refractivity contribution in [3.05, 3.63) is 35.4 Å². The second-order valence-electron chi connectivity index (χ2n) is 6.98. The molecular weight excluding hydrogens is 338 g/mol. The highest BCUT2D eigenvalue weighted by atomic mass is 32.2. The summed E-state index contributed by atoms with van der Waals surface area (Å²) in [4.78, 5) is 16.1. The second-order valence-corrected chi connectivity index (χ2v) is 8.81.